The Labute approximate surface area is 89.2 Å². The zero-order chi connectivity index (χ0) is 10.6. The molecule has 0 aromatic carbocycles. The van der Waals surface area contributed by atoms with Crippen LogP contribution in [0.4, 0.5) is 0 Å². The molecule has 0 unspecified atom stereocenters. The molecule has 3 nitrogen and oxygen atoms in total. The van der Waals surface area contributed by atoms with Crippen molar-refractivity contribution in [3.05, 3.63) is 15.6 Å². The van der Waals surface area contributed by atoms with Crippen LogP contribution in [0.25, 0.3) is 0 Å². The van der Waals surface area contributed by atoms with Crippen molar-refractivity contribution in [2.24, 2.45) is 0 Å². The van der Waals surface area contributed by atoms with Gasteiger partial charge in [-0.25, -0.2) is 4.98 Å². The lowest BCUT2D eigenvalue weighted by Gasteiger charge is -2.12. The van der Waals surface area contributed by atoms with Crippen LogP contribution >= 0.6 is 11.3 Å². The zero-order valence-corrected chi connectivity index (χ0v) is 9.82. The molecule has 0 amide bonds. The highest BCUT2D eigenvalue weighted by Crippen LogP contribution is 2.16. The SMILES string of the molecule is CC[C@H](CO)NCc1sc(C)nc1C. The molecule has 0 aliphatic rings. The minimum Gasteiger partial charge on any atom is -0.395 e. The van der Waals surface area contributed by atoms with Gasteiger partial charge in [0.1, 0.15) is 0 Å². The lowest BCUT2D eigenvalue weighted by Crippen LogP contribution is -2.31. The molecule has 0 aliphatic heterocycles. The number of hydrogen-bond acceptors (Lipinski definition) is 4. The van der Waals surface area contributed by atoms with Crippen LogP contribution in [0.2, 0.25) is 0 Å². The van der Waals surface area contributed by atoms with E-state index in [0.717, 1.165) is 23.7 Å². The van der Waals surface area contributed by atoms with Crippen LogP contribution in [0.5, 0.6) is 0 Å². The van der Waals surface area contributed by atoms with Gasteiger partial charge in [0, 0.05) is 17.5 Å². The van der Waals surface area contributed by atoms with Gasteiger partial charge in [0.2, 0.25) is 0 Å². The average Bonchev–Trinajstić information content (AvgIpc) is 2.47. The Hall–Kier alpha value is -0.450. The summed E-state index contributed by atoms with van der Waals surface area (Å²) in [7, 11) is 0. The van der Waals surface area contributed by atoms with E-state index in [9.17, 15) is 0 Å². The fraction of sp³-hybridized carbons (Fsp3) is 0.700. The largest absolute Gasteiger partial charge is 0.395 e. The lowest BCUT2D eigenvalue weighted by molar-refractivity contribution is 0.238. The summed E-state index contributed by atoms with van der Waals surface area (Å²) in [6.07, 6.45) is 0.952. The van der Waals surface area contributed by atoms with Gasteiger partial charge in [-0.1, -0.05) is 6.92 Å². The Balaban J connectivity index is 2.48. The highest BCUT2D eigenvalue weighted by atomic mass is 32.1. The van der Waals surface area contributed by atoms with Crippen molar-refractivity contribution in [3.8, 4) is 0 Å². The van der Waals surface area contributed by atoms with E-state index in [1.807, 2.05) is 13.8 Å². The average molecular weight is 214 g/mol. The third kappa shape index (κ3) is 3.04. The first kappa shape index (κ1) is 11.6. The highest BCUT2D eigenvalue weighted by molar-refractivity contribution is 7.11. The molecule has 0 radical (unpaired) electrons. The molecular weight excluding hydrogens is 196 g/mol. The van der Waals surface area contributed by atoms with Gasteiger partial charge < -0.3 is 10.4 Å². The maximum Gasteiger partial charge on any atom is 0.0900 e. The van der Waals surface area contributed by atoms with Gasteiger partial charge >= 0.3 is 0 Å². The number of thiazole rings is 1. The molecular formula is C10H18N2OS. The molecule has 0 saturated carbocycles. The van der Waals surface area contributed by atoms with Crippen molar-refractivity contribution in [1.29, 1.82) is 0 Å². The van der Waals surface area contributed by atoms with E-state index in [4.69, 9.17) is 5.11 Å². The van der Waals surface area contributed by atoms with Crippen molar-refractivity contribution >= 4 is 11.3 Å². The molecule has 2 N–H and O–H groups in total. The smallest absolute Gasteiger partial charge is 0.0900 e. The summed E-state index contributed by atoms with van der Waals surface area (Å²) in [4.78, 5) is 5.63. The van der Waals surface area contributed by atoms with Gasteiger partial charge in [-0.2, -0.15) is 0 Å². The molecule has 1 aromatic heterocycles. The summed E-state index contributed by atoms with van der Waals surface area (Å²) in [5.74, 6) is 0. The summed E-state index contributed by atoms with van der Waals surface area (Å²) in [5.41, 5.74) is 1.10. The number of aryl methyl sites for hydroxylation is 2. The first-order valence-corrected chi connectivity index (χ1v) is 5.76. The summed E-state index contributed by atoms with van der Waals surface area (Å²) >= 11 is 1.72. The van der Waals surface area contributed by atoms with Crippen molar-refractivity contribution in [1.82, 2.24) is 10.3 Å². The molecule has 0 fully saturated rings. The molecule has 0 spiro atoms. The van der Waals surface area contributed by atoms with Crippen LogP contribution < -0.4 is 5.32 Å². The second-order valence-electron chi connectivity index (χ2n) is 3.41. The molecule has 0 aliphatic carbocycles. The molecule has 0 bridgehead atoms. The van der Waals surface area contributed by atoms with Crippen molar-refractivity contribution < 1.29 is 5.11 Å². The fourth-order valence-electron chi connectivity index (χ4n) is 1.31. The van der Waals surface area contributed by atoms with E-state index in [2.05, 4.69) is 17.2 Å². The third-order valence-corrected chi connectivity index (χ3v) is 3.34. The van der Waals surface area contributed by atoms with Crippen molar-refractivity contribution in [3.63, 3.8) is 0 Å². The van der Waals surface area contributed by atoms with Crippen LogP contribution in [0.3, 0.4) is 0 Å². The number of aliphatic hydroxyl groups excluding tert-OH is 1. The molecule has 1 rings (SSSR count). The fourth-order valence-corrected chi connectivity index (χ4v) is 2.20. The van der Waals surface area contributed by atoms with Gasteiger partial charge in [0.25, 0.3) is 0 Å². The summed E-state index contributed by atoms with van der Waals surface area (Å²) in [6, 6.07) is 0.205. The number of rotatable bonds is 5. The Morgan fingerprint density at radius 3 is 2.64 bits per heavy atom. The molecule has 80 valence electrons. The van der Waals surface area contributed by atoms with Gasteiger partial charge in [-0.15, -0.1) is 11.3 Å². The summed E-state index contributed by atoms with van der Waals surface area (Å²) in [6.45, 7) is 7.13. The summed E-state index contributed by atoms with van der Waals surface area (Å²) in [5, 5.41) is 13.4. The Morgan fingerprint density at radius 1 is 1.50 bits per heavy atom. The van der Waals surface area contributed by atoms with E-state index in [1.165, 1.54) is 4.88 Å². The first-order valence-electron chi connectivity index (χ1n) is 4.94. The lowest BCUT2D eigenvalue weighted by atomic mass is 10.2. The van der Waals surface area contributed by atoms with Crippen LogP contribution in [0, 0.1) is 13.8 Å². The monoisotopic (exact) mass is 214 g/mol. The minimum absolute atomic E-state index is 0.202. The topological polar surface area (TPSA) is 45.1 Å². The van der Waals surface area contributed by atoms with E-state index in [1.54, 1.807) is 11.3 Å². The second-order valence-corrected chi connectivity index (χ2v) is 4.70. The predicted octanol–water partition coefficient (Wildman–Crippen LogP) is 1.62. The van der Waals surface area contributed by atoms with E-state index < -0.39 is 0 Å². The first-order chi connectivity index (χ1) is 6.67. The van der Waals surface area contributed by atoms with Gasteiger partial charge in [0.05, 0.1) is 17.3 Å². The number of aliphatic hydroxyl groups is 1. The maximum absolute atomic E-state index is 9.00. The molecule has 1 aromatic rings. The molecule has 1 heterocycles. The van der Waals surface area contributed by atoms with E-state index in [-0.39, 0.29) is 12.6 Å². The van der Waals surface area contributed by atoms with E-state index in [0.29, 0.717) is 0 Å². The minimum atomic E-state index is 0.202. The maximum atomic E-state index is 9.00. The molecule has 14 heavy (non-hydrogen) atoms. The van der Waals surface area contributed by atoms with Crippen molar-refractivity contribution in [2.75, 3.05) is 6.61 Å². The van der Waals surface area contributed by atoms with Gasteiger partial charge in [0.15, 0.2) is 0 Å². The second kappa shape index (κ2) is 5.44. The van der Waals surface area contributed by atoms with Crippen LogP contribution in [0.15, 0.2) is 0 Å². The normalized spacial score (nSPS) is 13.1. The van der Waals surface area contributed by atoms with Crippen LogP contribution in [-0.4, -0.2) is 22.7 Å². The molecule has 0 saturated heterocycles. The number of nitrogens with zero attached hydrogens (tertiary/aromatic N) is 1. The Kier molecular flexibility index (Phi) is 4.51. The van der Waals surface area contributed by atoms with Crippen LogP contribution in [-0.2, 0) is 6.54 Å². The number of hydrogen-bond donors (Lipinski definition) is 2. The number of aromatic nitrogens is 1. The quantitative estimate of drug-likeness (QED) is 0.783. The van der Waals surface area contributed by atoms with Gasteiger partial charge in [-0.05, 0) is 20.3 Å². The van der Waals surface area contributed by atoms with Crippen molar-refractivity contribution in [2.45, 2.75) is 39.8 Å². The third-order valence-electron chi connectivity index (χ3n) is 2.26. The van der Waals surface area contributed by atoms with Gasteiger partial charge in [-0.3, -0.25) is 0 Å². The van der Waals surface area contributed by atoms with Crippen LogP contribution in [0.1, 0.15) is 28.9 Å². The standard InChI is InChI=1S/C10H18N2OS/c1-4-9(6-13)11-5-10-7(2)12-8(3)14-10/h9,11,13H,4-6H2,1-3H3/t9-/m1/s1. The molecule has 1 atom stereocenters. The Bertz CT molecular complexity index is 282. The Morgan fingerprint density at radius 2 is 2.21 bits per heavy atom. The number of nitrogens with one attached hydrogen (secondary N) is 1. The predicted molar refractivity (Wildman–Crippen MR) is 59.6 cm³/mol. The van der Waals surface area contributed by atoms with E-state index >= 15 is 0 Å². The zero-order valence-electron chi connectivity index (χ0n) is 9.00. The summed E-state index contributed by atoms with van der Waals surface area (Å²) < 4.78 is 0. The highest BCUT2D eigenvalue weighted by Gasteiger charge is 2.07. The molecule has 4 heteroatoms.